The van der Waals surface area contributed by atoms with Crippen LogP contribution >= 0.6 is 0 Å². The number of ether oxygens (including phenoxy) is 1. The van der Waals surface area contributed by atoms with E-state index in [2.05, 4.69) is 5.32 Å². The summed E-state index contributed by atoms with van der Waals surface area (Å²) in [5.74, 6) is 0.209. The predicted molar refractivity (Wildman–Crippen MR) is 104 cm³/mol. The molecular weight excluding hydrogens is 368 g/mol. The van der Waals surface area contributed by atoms with Crippen LogP contribution in [0.5, 0.6) is 5.75 Å². The Balaban J connectivity index is 2.15. The maximum absolute atomic E-state index is 12.7. The average molecular weight is 392 g/mol. The van der Waals surface area contributed by atoms with E-state index >= 15 is 0 Å². The van der Waals surface area contributed by atoms with E-state index in [4.69, 9.17) is 8.92 Å². The van der Waals surface area contributed by atoms with E-state index in [0.29, 0.717) is 13.2 Å². The first-order valence-corrected chi connectivity index (χ1v) is 10.2. The maximum Gasteiger partial charge on any atom is 0.322 e. The van der Waals surface area contributed by atoms with Crippen molar-refractivity contribution in [2.75, 3.05) is 31.8 Å². The molecule has 0 bridgehead atoms. The quantitative estimate of drug-likeness (QED) is 0.698. The second-order valence-electron chi connectivity index (χ2n) is 6.09. The molecule has 0 aromatic heterocycles. The van der Waals surface area contributed by atoms with Crippen LogP contribution in [-0.2, 0) is 21.4 Å². The third-order valence-corrected chi connectivity index (χ3v) is 4.25. The highest BCUT2D eigenvalue weighted by molar-refractivity contribution is 7.86. The Morgan fingerprint density at radius 1 is 1.15 bits per heavy atom. The molecule has 8 heteroatoms. The van der Waals surface area contributed by atoms with Crippen molar-refractivity contribution in [2.24, 2.45) is 0 Å². The van der Waals surface area contributed by atoms with Gasteiger partial charge in [-0.3, -0.25) is 0 Å². The maximum atomic E-state index is 12.7. The molecule has 2 aromatic rings. The number of benzene rings is 2. The number of nitrogens with one attached hydrogen (secondary N) is 1. The van der Waals surface area contributed by atoms with E-state index in [1.165, 1.54) is 0 Å². The van der Waals surface area contributed by atoms with Gasteiger partial charge in [0.2, 0.25) is 0 Å². The van der Waals surface area contributed by atoms with Crippen molar-refractivity contribution in [2.45, 2.75) is 13.5 Å². The summed E-state index contributed by atoms with van der Waals surface area (Å²) in [6.45, 7) is 2.95. The van der Waals surface area contributed by atoms with Crippen LogP contribution in [0.2, 0.25) is 0 Å². The summed E-state index contributed by atoms with van der Waals surface area (Å²) in [7, 11) is -2.04. The van der Waals surface area contributed by atoms with Gasteiger partial charge >= 0.3 is 16.1 Å². The molecule has 7 nitrogen and oxygen atoms in total. The Morgan fingerprint density at radius 2 is 1.89 bits per heavy atom. The second kappa shape index (κ2) is 9.38. The number of urea groups is 1. The summed E-state index contributed by atoms with van der Waals surface area (Å²) in [5, 5.41) is 2.90. The van der Waals surface area contributed by atoms with Gasteiger partial charge in [0, 0.05) is 25.9 Å². The third-order valence-electron chi connectivity index (χ3n) is 3.76. The first-order chi connectivity index (χ1) is 12.8. The lowest BCUT2D eigenvalue weighted by atomic mass is 10.2. The molecule has 0 fully saturated rings. The number of aryl methyl sites for hydroxylation is 1. The fourth-order valence-electron chi connectivity index (χ4n) is 2.45. The minimum atomic E-state index is -3.61. The van der Waals surface area contributed by atoms with E-state index in [1.54, 1.807) is 36.3 Å². The molecule has 0 radical (unpaired) electrons. The van der Waals surface area contributed by atoms with Gasteiger partial charge in [-0.25, -0.2) is 4.79 Å². The number of methoxy groups -OCH3 is 1. The van der Waals surface area contributed by atoms with Crippen molar-refractivity contribution < 1.29 is 22.1 Å². The second-order valence-corrected chi connectivity index (χ2v) is 7.67. The number of carbonyl (C=O) groups excluding carboxylic acids is 1. The lowest BCUT2D eigenvalue weighted by Crippen LogP contribution is -2.37. The van der Waals surface area contributed by atoms with E-state index in [1.807, 2.05) is 31.2 Å². The van der Waals surface area contributed by atoms with Gasteiger partial charge in [-0.15, -0.1) is 0 Å². The van der Waals surface area contributed by atoms with Crippen molar-refractivity contribution in [1.29, 1.82) is 0 Å². The molecule has 2 rings (SSSR count). The Bertz CT molecular complexity index is 883. The number of carbonyl (C=O) groups is 1. The molecule has 2 amide bonds. The SMILES string of the molecule is COCCN(Cc1cccc(OS(C)(=O)=O)c1)C(=O)Nc1ccccc1C. The molecule has 0 aliphatic carbocycles. The fourth-order valence-corrected chi connectivity index (χ4v) is 2.91. The van der Waals surface area contributed by atoms with Crippen LogP contribution in [0.3, 0.4) is 0 Å². The number of anilines is 1. The highest BCUT2D eigenvalue weighted by atomic mass is 32.2. The minimum absolute atomic E-state index is 0.209. The van der Waals surface area contributed by atoms with Crippen LogP contribution in [-0.4, -0.2) is 45.9 Å². The highest BCUT2D eigenvalue weighted by Gasteiger charge is 2.15. The summed E-state index contributed by atoms with van der Waals surface area (Å²) in [6, 6.07) is 13.9. The number of rotatable bonds is 8. The molecule has 0 saturated heterocycles. The largest absolute Gasteiger partial charge is 0.383 e. The zero-order chi connectivity index (χ0) is 19.9. The van der Waals surface area contributed by atoms with Crippen LogP contribution in [0.1, 0.15) is 11.1 Å². The Morgan fingerprint density at radius 3 is 2.56 bits per heavy atom. The molecule has 27 heavy (non-hydrogen) atoms. The Kier molecular flexibility index (Phi) is 7.20. The van der Waals surface area contributed by atoms with Gasteiger partial charge in [0.05, 0.1) is 12.9 Å². The number of amides is 2. The summed E-state index contributed by atoms with van der Waals surface area (Å²) < 4.78 is 32.6. The summed E-state index contributed by atoms with van der Waals surface area (Å²) >= 11 is 0. The molecular formula is C19H24N2O5S. The Labute approximate surface area is 160 Å². The van der Waals surface area contributed by atoms with Crippen LogP contribution in [0, 0.1) is 6.92 Å². The molecule has 146 valence electrons. The Hall–Kier alpha value is -2.58. The van der Waals surface area contributed by atoms with E-state index in [0.717, 1.165) is 23.1 Å². The first kappa shape index (κ1) is 20.7. The topological polar surface area (TPSA) is 84.9 Å². The lowest BCUT2D eigenvalue weighted by Gasteiger charge is -2.23. The number of hydrogen-bond donors (Lipinski definition) is 1. The molecule has 0 saturated carbocycles. The molecule has 0 heterocycles. The van der Waals surface area contributed by atoms with E-state index in [-0.39, 0.29) is 18.3 Å². The van der Waals surface area contributed by atoms with Crippen LogP contribution < -0.4 is 9.50 Å². The van der Waals surface area contributed by atoms with Gasteiger partial charge in [-0.2, -0.15) is 8.42 Å². The predicted octanol–water partition coefficient (Wildman–Crippen LogP) is 3.01. The first-order valence-electron chi connectivity index (χ1n) is 8.37. The van der Waals surface area contributed by atoms with Crippen molar-refractivity contribution in [3.63, 3.8) is 0 Å². The van der Waals surface area contributed by atoms with Gasteiger partial charge in [-0.1, -0.05) is 30.3 Å². The van der Waals surface area contributed by atoms with Crippen molar-refractivity contribution >= 4 is 21.8 Å². The monoisotopic (exact) mass is 392 g/mol. The minimum Gasteiger partial charge on any atom is -0.383 e. The third kappa shape index (κ3) is 6.92. The van der Waals surface area contributed by atoms with Crippen molar-refractivity contribution in [3.05, 3.63) is 59.7 Å². The summed E-state index contributed by atoms with van der Waals surface area (Å²) in [4.78, 5) is 14.3. The van der Waals surface area contributed by atoms with Gasteiger partial charge < -0.3 is 19.1 Å². The van der Waals surface area contributed by atoms with Gasteiger partial charge in [0.25, 0.3) is 0 Å². The zero-order valence-electron chi connectivity index (χ0n) is 15.6. The lowest BCUT2D eigenvalue weighted by molar-refractivity contribution is 0.153. The molecule has 0 aliphatic rings. The smallest absolute Gasteiger partial charge is 0.322 e. The van der Waals surface area contributed by atoms with Gasteiger partial charge in [0.15, 0.2) is 0 Å². The molecule has 0 spiro atoms. The van der Waals surface area contributed by atoms with E-state index < -0.39 is 10.1 Å². The fraction of sp³-hybridized carbons (Fsp3) is 0.316. The van der Waals surface area contributed by atoms with E-state index in [9.17, 15) is 13.2 Å². The normalized spacial score (nSPS) is 11.1. The van der Waals surface area contributed by atoms with Gasteiger partial charge in [0.1, 0.15) is 5.75 Å². The zero-order valence-corrected chi connectivity index (χ0v) is 16.5. The van der Waals surface area contributed by atoms with Crippen LogP contribution in [0.25, 0.3) is 0 Å². The molecule has 0 atom stereocenters. The number of hydrogen-bond acceptors (Lipinski definition) is 5. The average Bonchev–Trinajstić information content (AvgIpc) is 2.59. The van der Waals surface area contributed by atoms with Crippen molar-refractivity contribution in [1.82, 2.24) is 4.90 Å². The molecule has 0 aliphatic heterocycles. The standard InChI is InChI=1S/C19H24N2O5S/c1-15-7-4-5-10-18(15)20-19(22)21(11-12-25-2)14-16-8-6-9-17(13-16)26-27(3,23)24/h4-10,13H,11-12,14H2,1-3H3,(H,20,22). The molecule has 1 N–H and O–H groups in total. The van der Waals surface area contributed by atoms with Crippen molar-refractivity contribution in [3.8, 4) is 5.75 Å². The summed E-state index contributed by atoms with van der Waals surface area (Å²) in [6.07, 6.45) is 0.986. The van der Waals surface area contributed by atoms with Crippen LogP contribution in [0.4, 0.5) is 10.5 Å². The molecule has 0 unspecified atom stereocenters. The number of para-hydroxylation sites is 1. The molecule has 2 aromatic carbocycles. The van der Waals surface area contributed by atoms with Gasteiger partial charge in [-0.05, 0) is 36.2 Å². The number of nitrogens with zero attached hydrogens (tertiary/aromatic N) is 1. The highest BCUT2D eigenvalue weighted by Crippen LogP contribution is 2.18. The summed E-state index contributed by atoms with van der Waals surface area (Å²) in [5.41, 5.74) is 2.44. The van der Waals surface area contributed by atoms with Crippen LogP contribution in [0.15, 0.2) is 48.5 Å².